The highest BCUT2D eigenvalue weighted by molar-refractivity contribution is 8.19. The summed E-state index contributed by atoms with van der Waals surface area (Å²) in [5.74, 6) is 0.816. The third-order valence-corrected chi connectivity index (χ3v) is 7.69. The van der Waals surface area contributed by atoms with Crippen molar-refractivity contribution in [2.45, 2.75) is 24.0 Å². The summed E-state index contributed by atoms with van der Waals surface area (Å²) in [6, 6.07) is 14.1. The molecule has 0 saturated carbocycles. The molecular weight excluding hydrogens is 336 g/mol. The normalized spacial score (nSPS) is 28.4. The van der Waals surface area contributed by atoms with Crippen LogP contribution in [0.15, 0.2) is 52.4 Å². The van der Waals surface area contributed by atoms with Gasteiger partial charge in [-0.05, 0) is 42.3 Å². The number of amidine groups is 1. The molecule has 3 heterocycles. The van der Waals surface area contributed by atoms with Crippen LogP contribution in [0, 0.1) is 6.92 Å². The molecule has 130 valence electrons. The molecule has 7 heteroatoms. The van der Waals surface area contributed by atoms with Gasteiger partial charge in [-0.1, -0.05) is 27.7 Å². The van der Waals surface area contributed by atoms with E-state index < -0.39 is 9.53 Å². The van der Waals surface area contributed by atoms with Gasteiger partial charge in [0.15, 0.2) is 5.94 Å². The molecule has 0 amide bonds. The van der Waals surface area contributed by atoms with E-state index in [9.17, 15) is 4.21 Å². The first-order chi connectivity index (χ1) is 12.0. The van der Waals surface area contributed by atoms with Crippen molar-refractivity contribution in [3.63, 3.8) is 0 Å². The number of nitrogens with zero attached hydrogens (tertiary/aromatic N) is 1. The van der Waals surface area contributed by atoms with Crippen molar-refractivity contribution in [2.24, 2.45) is 4.99 Å². The third kappa shape index (κ3) is 2.23. The van der Waals surface area contributed by atoms with E-state index in [1.807, 2.05) is 50.4 Å². The topological polar surface area (TPSA) is 88.0 Å². The van der Waals surface area contributed by atoms with Crippen molar-refractivity contribution in [3.05, 3.63) is 59.2 Å². The molecule has 3 aliphatic rings. The highest BCUT2D eigenvalue weighted by Crippen LogP contribution is 2.48. The van der Waals surface area contributed by atoms with E-state index in [1.54, 1.807) is 0 Å². The first-order valence-electron chi connectivity index (χ1n) is 8.31. The molecule has 2 atom stereocenters. The predicted octanol–water partition coefficient (Wildman–Crippen LogP) is 2.05. The van der Waals surface area contributed by atoms with Gasteiger partial charge >= 0.3 is 0 Å². The molecule has 3 aliphatic heterocycles. The fraction of sp³-hybridized carbons (Fsp3) is 0.278. The summed E-state index contributed by atoms with van der Waals surface area (Å²) >= 11 is 0. The minimum atomic E-state index is -3.54. The molecule has 0 aromatic heterocycles. The second-order valence-electron chi connectivity index (χ2n) is 6.80. The third-order valence-electron chi connectivity index (χ3n) is 4.98. The standard InChI is InChI=1S/C18H20N4O2S/c1-11-4-3-5-13(8-11)25(23,10-24-25)22-17-15-9-12(19-2)6-7-14(15)16-18(20-16)21-17/h3-9,16,18-20H,10H2,1-2H3,(H,21,22,23). The molecule has 2 aromatic rings. The molecule has 0 aliphatic carbocycles. The first kappa shape index (κ1) is 15.1. The summed E-state index contributed by atoms with van der Waals surface area (Å²) in [5, 5.41) is 6.49. The second-order valence-corrected chi connectivity index (χ2v) is 10.0. The van der Waals surface area contributed by atoms with E-state index in [1.165, 1.54) is 5.56 Å². The number of rotatable bonds is 3. The Kier molecular flexibility index (Phi) is 2.83. The molecule has 2 saturated heterocycles. The Bertz CT molecular complexity index is 992. The van der Waals surface area contributed by atoms with E-state index in [-0.39, 0.29) is 18.1 Å². The Morgan fingerprint density at radius 1 is 1.28 bits per heavy atom. The molecule has 2 fully saturated rings. The predicted molar refractivity (Wildman–Crippen MR) is 98.9 cm³/mol. The minimum Gasteiger partial charge on any atom is -0.388 e. The lowest BCUT2D eigenvalue weighted by molar-refractivity contribution is 0.534. The number of hydrogen-bond acceptors (Lipinski definition) is 5. The maximum Gasteiger partial charge on any atom is 0.181 e. The average molecular weight is 356 g/mol. The quantitative estimate of drug-likeness (QED) is 0.735. The van der Waals surface area contributed by atoms with Gasteiger partial charge in [-0.25, -0.2) is 9.18 Å². The van der Waals surface area contributed by atoms with Gasteiger partial charge in [0.2, 0.25) is 0 Å². The number of benzene rings is 2. The highest BCUT2D eigenvalue weighted by atomic mass is 32.3. The van der Waals surface area contributed by atoms with Crippen LogP contribution in [0.4, 0.5) is 5.69 Å². The van der Waals surface area contributed by atoms with Crippen molar-refractivity contribution >= 4 is 21.1 Å². The van der Waals surface area contributed by atoms with Crippen LogP contribution in [0.3, 0.4) is 0 Å². The Balaban J connectivity index is 1.58. The molecule has 3 N–H and O–H groups in total. The van der Waals surface area contributed by atoms with Gasteiger partial charge in [0.1, 0.15) is 12.0 Å². The van der Waals surface area contributed by atoms with Gasteiger partial charge in [0, 0.05) is 18.3 Å². The van der Waals surface area contributed by atoms with Gasteiger partial charge in [-0.2, -0.15) is 4.21 Å². The lowest BCUT2D eigenvalue weighted by Gasteiger charge is -2.30. The van der Waals surface area contributed by atoms with Crippen LogP contribution < -0.4 is 15.4 Å². The number of aryl methyl sites for hydroxylation is 1. The monoisotopic (exact) mass is 356 g/mol. The lowest BCUT2D eigenvalue weighted by Crippen LogP contribution is -2.41. The minimum absolute atomic E-state index is 0.0519. The second kappa shape index (κ2) is 4.69. The zero-order valence-corrected chi connectivity index (χ0v) is 14.9. The van der Waals surface area contributed by atoms with Crippen molar-refractivity contribution in [1.29, 1.82) is 0 Å². The Morgan fingerprint density at radius 2 is 2.12 bits per heavy atom. The molecular formula is C18H20N4O2S. The molecule has 0 radical (unpaired) electrons. The lowest BCUT2D eigenvalue weighted by atomic mass is 10.00. The average Bonchev–Trinajstić information content (AvgIpc) is 3.52. The first-order valence-corrected chi connectivity index (χ1v) is 10.4. The van der Waals surface area contributed by atoms with Gasteiger partial charge in [0.25, 0.3) is 0 Å². The summed E-state index contributed by atoms with van der Waals surface area (Å²) in [6.45, 7) is 1.98. The molecule has 0 bridgehead atoms. The summed E-state index contributed by atoms with van der Waals surface area (Å²) in [6.07, 6.45) is 0.0519. The molecule has 0 spiro atoms. The van der Waals surface area contributed by atoms with Gasteiger partial charge in [-0.3, -0.25) is 10.0 Å². The zero-order chi connectivity index (χ0) is 17.3. The highest BCUT2D eigenvalue weighted by Gasteiger charge is 2.51. The maximum atomic E-state index is 13.8. The number of hydrogen-bond donors (Lipinski definition) is 3. The number of aliphatic imine (C=N–C) groups is 1. The molecule has 2 unspecified atom stereocenters. The van der Waals surface area contributed by atoms with E-state index in [0.29, 0.717) is 10.7 Å². The Labute approximate surface area is 146 Å². The molecule has 5 rings (SSSR count). The van der Waals surface area contributed by atoms with E-state index in [0.717, 1.165) is 16.8 Å². The Morgan fingerprint density at radius 3 is 2.84 bits per heavy atom. The van der Waals surface area contributed by atoms with Crippen LogP contribution in [-0.2, 0) is 13.7 Å². The van der Waals surface area contributed by atoms with Gasteiger partial charge < -0.3 is 5.32 Å². The van der Waals surface area contributed by atoms with Crippen LogP contribution in [-0.4, -0.2) is 29.2 Å². The summed E-state index contributed by atoms with van der Waals surface area (Å²) in [7, 11) is -1.65. The van der Waals surface area contributed by atoms with Crippen molar-refractivity contribution in [3.8, 4) is 0 Å². The van der Waals surface area contributed by atoms with E-state index in [4.69, 9.17) is 9.18 Å². The van der Waals surface area contributed by atoms with Crippen LogP contribution in [0.1, 0.15) is 22.7 Å². The summed E-state index contributed by atoms with van der Waals surface area (Å²) in [5.41, 5.74) is 4.19. The van der Waals surface area contributed by atoms with Crippen LogP contribution >= 0.6 is 0 Å². The van der Waals surface area contributed by atoms with Crippen LogP contribution in [0.25, 0.3) is 0 Å². The van der Waals surface area contributed by atoms with Crippen molar-refractivity contribution in [1.82, 2.24) is 10.0 Å². The van der Waals surface area contributed by atoms with Crippen molar-refractivity contribution in [2.75, 3.05) is 18.3 Å². The number of fused-ring (bicyclic) bond motifs is 3. The molecule has 6 nitrogen and oxygen atoms in total. The number of anilines is 1. The molecule has 25 heavy (non-hydrogen) atoms. The SMILES string of the molecule is CNc1ccc2c(c1)C(NS1(=O)(c3cccc(C)c3)CO1)=NC1NC21. The fourth-order valence-corrected chi connectivity index (χ4v) is 5.75. The van der Waals surface area contributed by atoms with Gasteiger partial charge in [0.05, 0.1) is 10.9 Å². The zero-order valence-electron chi connectivity index (χ0n) is 14.1. The molecule has 2 aromatic carbocycles. The van der Waals surface area contributed by atoms with Gasteiger partial charge in [-0.15, -0.1) is 0 Å². The van der Waals surface area contributed by atoms with Crippen LogP contribution in [0.5, 0.6) is 0 Å². The van der Waals surface area contributed by atoms with E-state index >= 15 is 0 Å². The summed E-state index contributed by atoms with van der Waals surface area (Å²) in [4.78, 5) is 5.40. The van der Waals surface area contributed by atoms with Crippen LogP contribution in [0.2, 0.25) is 0 Å². The largest absolute Gasteiger partial charge is 0.388 e. The smallest absolute Gasteiger partial charge is 0.181 e. The number of nitrogens with one attached hydrogen (secondary N) is 3. The maximum absolute atomic E-state index is 13.8. The van der Waals surface area contributed by atoms with Crippen molar-refractivity contribution < 1.29 is 8.39 Å². The summed E-state index contributed by atoms with van der Waals surface area (Å²) < 4.78 is 22.5. The fourth-order valence-electron chi connectivity index (χ4n) is 3.37. The van der Waals surface area contributed by atoms with E-state index in [2.05, 4.69) is 21.4 Å². The Hall–Kier alpha value is -2.22.